The summed E-state index contributed by atoms with van der Waals surface area (Å²) in [4.78, 5) is 23.3. The smallest absolute Gasteiger partial charge is 0.248 e. The maximum Gasteiger partial charge on any atom is 0.248 e. The van der Waals surface area contributed by atoms with Gasteiger partial charge in [0.2, 0.25) is 11.8 Å². The van der Waals surface area contributed by atoms with Crippen LogP contribution in [0.4, 0.5) is 4.39 Å². The van der Waals surface area contributed by atoms with Crippen molar-refractivity contribution in [3.8, 4) is 0 Å². The van der Waals surface area contributed by atoms with Crippen LogP contribution in [-0.2, 0) is 11.3 Å². The topological polar surface area (TPSA) is 72.2 Å². The number of carbonyl (C=O) groups is 2. The fraction of sp³-hybridized carbons (Fsp3) is 0.222. The highest BCUT2D eigenvalue weighted by molar-refractivity contribution is 5.92. The van der Waals surface area contributed by atoms with Crippen LogP contribution < -0.4 is 11.1 Å². The molecule has 5 heteroatoms. The monoisotopic (exact) mass is 312 g/mol. The van der Waals surface area contributed by atoms with E-state index in [9.17, 15) is 14.0 Å². The van der Waals surface area contributed by atoms with Gasteiger partial charge in [-0.05, 0) is 47.7 Å². The van der Waals surface area contributed by atoms with Gasteiger partial charge in [0.05, 0.1) is 0 Å². The van der Waals surface area contributed by atoms with Crippen LogP contribution in [0.3, 0.4) is 0 Å². The van der Waals surface area contributed by atoms with Gasteiger partial charge in [0.1, 0.15) is 5.82 Å². The van der Waals surface area contributed by atoms with Crippen molar-refractivity contribution < 1.29 is 14.0 Å². The number of carbonyl (C=O) groups excluding carboxylic acids is 2. The van der Waals surface area contributed by atoms with Crippen LogP contribution in [0.5, 0.6) is 0 Å². The van der Waals surface area contributed by atoms with E-state index in [1.54, 1.807) is 30.3 Å². The lowest BCUT2D eigenvalue weighted by Crippen LogP contribution is -2.25. The van der Waals surface area contributed by atoms with E-state index < -0.39 is 5.91 Å². The second kappa shape index (κ2) is 6.20. The quantitative estimate of drug-likeness (QED) is 0.889. The Morgan fingerprint density at radius 3 is 2.61 bits per heavy atom. The Balaban J connectivity index is 1.56. The third kappa shape index (κ3) is 3.56. The minimum absolute atomic E-state index is 0.0243. The molecular formula is C18H17FN2O2. The lowest BCUT2D eigenvalue weighted by atomic mass is 10.1. The summed E-state index contributed by atoms with van der Waals surface area (Å²) in [5.41, 5.74) is 7.48. The summed E-state index contributed by atoms with van der Waals surface area (Å²) in [6.45, 7) is 0.354. The van der Waals surface area contributed by atoms with Crippen LogP contribution in [0, 0.1) is 11.7 Å². The Kier molecular flexibility index (Phi) is 4.10. The van der Waals surface area contributed by atoms with Crippen molar-refractivity contribution in [1.82, 2.24) is 5.32 Å². The Morgan fingerprint density at radius 1 is 1.17 bits per heavy atom. The molecule has 0 radical (unpaired) electrons. The molecule has 2 atom stereocenters. The van der Waals surface area contributed by atoms with Crippen molar-refractivity contribution in [3.63, 3.8) is 0 Å². The zero-order valence-electron chi connectivity index (χ0n) is 12.5. The van der Waals surface area contributed by atoms with E-state index in [0.717, 1.165) is 17.5 Å². The highest BCUT2D eigenvalue weighted by Crippen LogP contribution is 2.47. The van der Waals surface area contributed by atoms with Gasteiger partial charge in [-0.1, -0.05) is 24.3 Å². The molecule has 0 spiro atoms. The summed E-state index contributed by atoms with van der Waals surface area (Å²) in [5.74, 6) is -0.697. The predicted octanol–water partition coefficient (Wildman–Crippen LogP) is 2.34. The van der Waals surface area contributed by atoms with E-state index in [1.165, 1.54) is 12.1 Å². The molecule has 1 fully saturated rings. The van der Waals surface area contributed by atoms with E-state index >= 15 is 0 Å². The molecule has 3 rings (SSSR count). The number of nitrogens with one attached hydrogen (secondary N) is 1. The largest absolute Gasteiger partial charge is 0.366 e. The molecule has 0 aliphatic heterocycles. The van der Waals surface area contributed by atoms with Gasteiger partial charge in [0, 0.05) is 18.0 Å². The van der Waals surface area contributed by atoms with Crippen molar-refractivity contribution >= 4 is 11.8 Å². The first-order valence-corrected chi connectivity index (χ1v) is 7.46. The molecular weight excluding hydrogens is 295 g/mol. The lowest BCUT2D eigenvalue weighted by Gasteiger charge is -2.06. The van der Waals surface area contributed by atoms with E-state index in [0.29, 0.717) is 12.1 Å². The summed E-state index contributed by atoms with van der Waals surface area (Å²) < 4.78 is 12.9. The Bertz CT molecular complexity index is 743. The number of benzene rings is 2. The molecule has 0 heterocycles. The summed E-state index contributed by atoms with van der Waals surface area (Å²) in [7, 11) is 0. The third-order valence-electron chi connectivity index (χ3n) is 4.10. The molecule has 2 amide bonds. The summed E-state index contributed by atoms with van der Waals surface area (Å²) >= 11 is 0. The number of primary amides is 1. The molecule has 118 valence electrons. The van der Waals surface area contributed by atoms with Gasteiger partial charge in [-0.3, -0.25) is 9.59 Å². The molecule has 1 aliphatic carbocycles. The van der Waals surface area contributed by atoms with Gasteiger partial charge in [-0.2, -0.15) is 0 Å². The molecule has 1 aliphatic rings. The molecule has 23 heavy (non-hydrogen) atoms. The molecule has 4 nitrogen and oxygen atoms in total. The van der Waals surface area contributed by atoms with Gasteiger partial charge >= 0.3 is 0 Å². The fourth-order valence-electron chi connectivity index (χ4n) is 2.72. The molecule has 3 N–H and O–H groups in total. The number of amides is 2. The van der Waals surface area contributed by atoms with Gasteiger partial charge in [-0.15, -0.1) is 0 Å². The third-order valence-corrected chi connectivity index (χ3v) is 4.10. The Morgan fingerprint density at radius 2 is 1.91 bits per heavy atom. The maximum absolute atomic E-state index is 12.9. The second-order valence-corrected chi connectivity index (χ2v) is 5.78. The van der Waals surface area contributed by atoms with Crippen molar-refractivity contribution in [2.45, 2.75) is 18.9 Å². The van der Waals surface area contributed by atoms with Crippen LogP contribution >= 0.6 is 0 Å². The number of hydrogen-bond donors (Lipinski definition) is 2. The number of halogens is 1. The molecule has 0 unspecified atom stereocenters. The Labute approximate surface area is 133 Å². The average Bonchev–Trinajstić information content (AvgIpc) is 3.34. The predicted molar refractivity (Wildman–Crippen MR) is 84.1 cm³/mol. The Hall–Kier alpha value is -2.69. The number of nitrogens with two attached hydrogens (primary N) is 1. The summed E-state index contributed by atoms with van der Waals surface area (Å²) in [6.07, 6.45) is 0.777. The SMILES string of the molecule is NC(=O)c1cccc(CNC(=O)[C@@H]2C[C@H]2c2ccc(F)cc2)c1. The highest BCUT2D eigenvalue weighted by Gasteiger charge is 2.43. The van der Waals surface area contributed by atoms with E-state index in [4.69, 9.17) is 5.73 Å². The minimum atomic E-state index is -0.489. The highest BCUT2D eigenvalue weighted by atomic mass is 19.1. The zero-order valence-corrected chi connectivity index (χ0v) is 12.5. The van der Waals surface area contributed by atoms with Crippen molar-refractivity contribution in [2.24, 2.45) is 11.7 Å². The first-order chi connectivity index (χ1) is 11.0. The number of hydrogen-bond acceptors (Lipinski definition) is 2. The first kappa shape index (κ1) is 15.2. The molecule has 2 aromatic rings. The van der Waals surface area contributed by atoms with Gasteiger partial charge in [-0.25, -0.2) is 4.39 Å². The van der Waals surface area contributed by atoms with Crippen molar-refractivity contribution in [2.75, 3.05) is 0 Å². The zero-order chi connectivity index (χ0) is 16.4. The van der Waals surface area contributed by atoms with E-state index in [-0.39, 0.29) is 23.6 Å². The van der Waals surface area contributed by atoms with Crippen LogP contribution in [0.2, 0.25) is 0 Å². The van der Waals surface area contributed by atoms with Gasteiger partial charge in [0.15, 0.2) is 0 Å². The standard InChI is InChI=1S/C18H17FN2O2/c19-14-6-4-12(5-7-14)15-9-16(15)18(23)21-10-11-2-1-3-13(8-11)17(20)22/h1-8,15-16H,9-10H2,(H2,20,22)(H,21,23)/t15-,16+/m0/s1. The maximum atomic E-state index is 12.9. The van der Waals surface area contributed by atoms with Crippen LogP contribution in [0.25, 0.3) is 0 Å². The second-order valence-electron chi connectivity index (χ2n) is 5.78. The van der Waals surface area contributed by atoms with E-state index in [2.05, 4.69) is 5.32 Å². The van der Waals surface area contributed by atoms with Crippen LogP contribution in [0.1, 0.15) is 33.8 Å². The van der Waals surface area contributed by atoms with Crippen LogP contribution in [0.15, 0.2) is 48.5 Å². The molecule has 0 saturated heterocycles. The molecule has 0 bridgehead atoms. The summed E-state index contributed by atoms with van der Waals surface area (Å²) in [6, 6.07) is 13.2. The van der Waals surface area contributed by atoms with Crippen molar-refractivity contribution in [1.29, 1.82) is 0 Å². The number of rotatable bonds is 5. The van der Waals surface area contributed by atoms with Gasteiger partial charge in [0.25, 0.3) is 0 Å². The minimum Gasteiger partial charge on any atom is -0.366 e. The first-order valence-electron chi connectivity index (χ1n) is 7.46. The van der Waals surface area contributed by atoms with E-state index in [1.807, 2.05) is 6.07 Å². The lowest BCUT2D eigenvalue weighted by molar-refractivity contribution is -0.122. The molecule has 1 saturated carbocycles. The molecule has 2 aromatic carbocycles. The normalized spacial score (nSPS) is 19.2. The average molecular weight is 312 g/mol. The molecule has 0 aromatic heterocycles. The van der Waals surface area contributed by atoms with Crippen LogP contribution in [-0.4, -0.2) is 11.8 Å². The van der Waals surface area contributed by atoms with Gasteiger partial charge < -0.3 is 11.1 Å². The fourth-order valence-corrected chi connectivity index (χ4v) is 2.72. The summed E-state index contributed by atoms with van der Waals surface area (Å²) in [5, 5.41) is 2.87. The van der Waals surface area contributed by atoms with Crippen molar-refractivity contribution in [3.05, 3.63) is 71.0 Å².